The van der Waals surface area contributed by atoms with Crippen LogP contribution >= 0.6 is 0 Å². The molecule has 1 aromatic rings. The number of nitrogens with zero attached hydrogens (tertiary/aromatic N) is 1. The SMILES string of the molecule is NC1(CC(=O)NC(Cc2cnc[nH]2)C(=O)O)CCCC1. The van der Waals surface area contributed by atoms with Crippen LogP contribution in [0.3, 0.4) is 0 Å². The van der Waals surface area contributed by atoms with E-state index in [-0.39, 0.29) is 18.7 Å². The Morgan fingerprint density at radius 3 is 2.75 bits per heavy atom. The molecular formula is C13H20N4O3. The third-order valence-corrected chi connectivity index (χ3v) is 3.72. The van der Waals surface area contributed by atoms with Crippen LogP contribution in [0.25, 0.3) is 0 Å². The molecule has 1 fully saturated rings. The number of aromatic nitrogens is 2. The van der Waals surface area contributed by atoms with Crippen molar-refractivity contribution in [2.45, 2.75) is 50.1 Å². The number of carboxylic acid groups (broad SMARTS) is 1. The number of hydrogen-bond donors (Lipinski definition) is 4. The van der Waals surface area contributed by atoms with Gasteiger partial charge < -0.3 is 21.1 Å². The molecule has 7 heteroatoms. The Balaban J connectivity index is 1.90. The lowest BCUT2D eigenvalue weighted by atomic mass is 9.94. The van der Waals surface area contributed by atoms with Gasteiger partial charge in [-0.1, -0.05) is 12.8 Å². The summed E-state index contributed by atoms with van der Waals surface area (Å²) in [7, 11) is 0. The molecule has 0 aliphatic heterocycles. The van der Waals surface area contributed by atoms with Gasteiger partial charge in [-0.05, 0) is 12.8 Å². The maximum atomic E-state index is 12.0. The van der Waals surface area contributed by atoms with Gasteiger partial charge in [0.2, 0.25) is 5.91 Å². The number of carboxylic acids is 1. The molecule has 1 aromatic heterocycles. The minimum absolute atomic E-state index is 0.179. The molecular weight excluding hydrogens is 260 g/mol. The lowest BCUT2D eigenvalue weighted by Gasteiger charge is -2.23. The van der Waals surface area contributed by atoms with E-state index in [2.05, 4.69) is 15.3 Å². The number of rotatable bonds is 6. The number of nitrogens with two attached hydrogens (primary N) is 1. The Labute approximate surface area is 117 Å². The fourth-order valence-corrected chi connectivity index (χ4v) is 2.64. The standard InChI is InChI=1S/C13H20N4O3/c14-13(3-1-2-4-13)6-11(18)17-10(12(19)20)5-9-7-15-8-16-9/h7-8,10H,1-6,14H2,(H,15,16)(H,17,18)(H,19,20). The van der Waals surface area contributed by atoms with Crippen molar-refractivity contribution in [3.63, 3.8) is 0 Å². The summed E-state index contributed by atoms with van der Waals surface area (Å²) in [5.74, 6) is -1.37. The molecule has 1 unspecified atom stereocenters. The van der Waals surface area contributed by atoms with Gasteiger partial charge in [-0.3, -0.25) is 4.79 Å². The van der Waals surface area contributed by atoms with Gasteiger partial charge in [0.05, 0.1) is 6.33 Å². The van der Waals surface area contributed by atoms with Crippen LogP contribution in [0.2, 0.25) is 0 Å². The summed E-state index contributed by atoms with van der Waals surface area (Å²) >= 11 is 0. The van der Waals surface area contributed by atoms with Gasteiger partial charge in [0.25, 0.3) is 0 Å². The number of imidazole rings is 1. The molecule has 20 heavy (non-hydrogen) atoms. The second kappa shape index (κ2) is 6.04. The van der Waals surface area contributed by atoms with Crippen LogP contribution in [-0.4, -0.2) is 38.5 Å². The Hall–Kier alpha value is -1.89. The molecule has 0 radical (unpaired) electrons. The quantitative estimate of drug-likeness (QED) is 0.592. The van der Waals surface area contributed by atoms with Gasteiger partial charge in [0, 0.05) is 30.3 Å². The number of carbonyl (C=O) groups excluding carboxylic acids is 1. The van der Waals surface area contributed by atoms with E-state index in [1.165, 1.54) is 6.33 Å². The van der Waals surface area contributed by atoms with Crippen LogP contribution in [0.15, 0.2) is 12.5 Å². The zero-order valence-electron chi connectivity index (χ0n) is 11.3. The molecule has 1 atom stereocenters. The molecule has 1 aliphatic carbocycles. The highest BCUT2D eigenvalue weighted by Gasteiger charge is 2.33. The van der Waals surface area contributed by atoms with Gasteiger partial charge >= 0.3 is 5.97 Å². The third-order valence-electron chi connectivity index (χ3n) is 3.72. The fraction of sp³-hybridized carbons (Fsp3) is 0.615. The molecule has 2 rings (SSSR count). The van der Waals surface area contributed by atoms with Gasteiger partial charge in [0.15, 0.2) is 0 Å². The second-order valence-corrected chi connectivity index (χ2v) is 5.49. The van der Waals surface area contributed by atoms with E-state index in [9.17, 15) is 9.59 Å². The smallest absolute Gasteiger partial charge is 0.326 e. The molecule has 0 aromatic carbocycles. The molecule has 110 valence electrons. The van der Waals surface area contributed by atoms with Crippen LogP contribution in [0.4, 0.5) is 0 Å². The van der Waals surface area contributed by atoms with Crippen molar-refractivity contribution < 1.29 is 14.7 Å². The number of aliphatic carboxylic acids is 1. The van der Waals surface area contributed by atoms with E-state index < -0.39 is 17.6 Å². The Morgan fingerprint density at radius 2 is 2.20 bits per heavy atom. The van der Waals surface area contributed by atoms with E-state index in [4.69, 9.17) is 10.8 Å². The first-order valence-corrected chi connectivity index (χ1v) is 6.77. The predicted molar refractivity (Wildman–Crippen MR) is 71.9 cm³/mol. The number of hydrogen-bond acceptors (Lipinski definition) is 4. The molecule has 5 N–H and O–H groups in total. The first kappa shape index (κ1) is 14.5. The Bertz CT molecular complexity index is 466. The maximum Gasteiger partial charge on any atom is 0.326 e. The first-order chi connectivity index (χ1) is 9.48. The molecule has 7 nitrogen and oxygen atoms in total. The predicted octanol–water partition coefficient (Wildman–Crippen LogP) is 0.183. The summed E-state index contributed by atoms with van der Waals surface area (Å²) < 4.78 is 0. The van der Waals surface area contributed by atoms with Gasteiger partial charge in [-0.2, -0.15) is 0 Å². The molecule has 0 spiro atoms. The van der Waals surface area contributed by atoms with Crippen molar-refractivity contribution in [1.82, 2.24) is 15.3 Å². The number of amides is 1. The van der Waals surface area contributed by atoms with Crippen molar-refractivity contribution in [2.24, 2.45) is 5.73 Å². The first-order valence-electron chi connectivity index (χ1n) is 6.77. The Kier molecular flexibility index (Phi) is 4.39. The van der Waals surface area contributed by atoms with E-state index in [0.717, 1.165) is 25.7 Å². The minimum Gasteiger partial charge on any atom is -0.480 e. The number of H-pyrrole nitrogens is 1. The highest BCUT2D eigenvalue weighted by molar-refractivity contribution is 5.84. The maximum absolute atomic E-state index is 12.0. The summed E-state index contributed by atoms with van der Waals surface area (Å²) in [4.78, 5) is 29.8. The van der Waals surface area contributed by atoms with Crippen LogP contribution < -0.4 is 11.1 Å². The topological polar surface area (TPSA) is 121 Å². The summed E-state index contributed by atoms with van der Waals surface area (Å²) in [5.41, 5.74) is 6.32. The summed E-state index contributed by atoms with van der Waals surface area (Å²) in [5, 5.41) is 11.7. The average Bonchev–Trinajstić information content (AvgIpc) is 3.00. The van der Waals surface area contributed by atoms with E-state index in [1.807, 2.05) is 0 Å². The van der Waals surface area contributed by atoms with Gasteiger partial charge in [0.1, 0.15) is 6.04 Å². The Morgan fingerprint density at radius 1 is 1.50 bits per heavy atom. The molecule has 0 saturated heterocycles. The van der Waals surface area contributed by atoms with Crippen molar-refractivity contribution in [3.8, 4) is 0 Å². The van der Waals surface area contributed by atoms with Crippen molar-refractivity contribution in [1.29, 1.82) is 0 Å². The normalized spacial score (nSPS) is 18.6. The van der Waals surface area contributed by atoms with Crippen LogP contribution in [0.1, 0.15) is 37.8 Å². The monoisotopic (exact) mass is 280 g/mol. The van der Waals surface area contributed by atoms with Crippen molar-refractivity contribution in [3.05, 3.63) is 18.2 Å². The lowest BCUT2D eigenvalue weighted by Crippen LogP contribution is -2.47. The number of carbonyl (C=O) groups is 2. The van der Waals surface area contributed by atoms with Crippen LogP contribution in [-0.2, 0) is 16.0 Å². The average molecular weight is 280 g/mol. The molecule has 1 heterocycles. The second-order valence-electron chi connectivity index (χ2n) is 5.49. The van der Waals surface area contributed by atoms with E-state index in [0.29, 0.717) is 5.69 Å². The summed E-state index contributed by atoms with van der Waals surface area (Å²) in [6, 6.07) is -0.965. The molecule has 1 aliphatic rings. The third kappa shape index (κ3) is 3.80. The molecule has 1 saturated carbocycles. The number of aromatic amines is 1. The highest BCUT2D eigenvalue weighted by Crippen LogP contribution is 2.29. The zero-order valence-corrected chi connectivity index (χ0v) is 11.3. The number of nitrogens with one attached hydrogen (secondary N) is 2. The molecule has 0 bridgehead atoms. The van der Waals surface area contributed by atoms with Gasteiger partial charge in [-0.15, -0.1) is 0 Å². The highest BCUT2D eigenvalue weighted by atomic mass is 16.4. The van der Waals surface area contributed by atoms with Crippen LogP contribution in [0.5, 0.6) is 0 Å². The molecule has 1 amide bonds. The van der Waals surface area contributed by atoms with Crippen molar-refractivity contribution >= 4 is 11.9 Å². The van der Waals surface area contributed by atoms with Gasteiger partial charge in [-0.25, -0.2) is 9.78 Å². The fourth-order valence-electron chi connectivity index (χ4n) is 2.64. The minimum atomic E-state index is -1.06. The van der Waals surface area contributed by atoms with E-state index >= 15 is 0 Å². The summed E-state index contributed by atoms with van der Waals surface area (Å²) in [6.07, 6.45) is 7.07. The largest absolute Gasteiger partial charge is 0.480 e. The zero-order chi connectivity index (χ0) is 14.6. The van der Waals surface area contributed by atoms with Crippen molar-refractivity contribution in [2.75, 3.05) is 0 Å². The summed E-state index contributed by atoms with van der Waals surface area (Å²) in [6.45, 7) is 0. The lowest BCUT2D eigenvalue weighted by molar-refractivity contribution is -0.142. The van der Waals surface area contributed by atoms with E-state index in [1.54, 1.807) is 6.20 Å². The van der Waals surface area contributed by atoms with Crippen LogP contribution in [0, 0.1) is 0 Å².